The maximum atomic E-state index is 12.2. The van der Waals surface area contributed by atoms with Crippen LogP contribution in [0.1, 0.15) is 56.1 Å². The van der Waals surface area contributed by atoms with Crippen LogP contribution in [0, 0.1) is 0 Å². The van der Waals surface area contributed by atoms with Gasteiger partial charge in [-0.1, -0.05) is 12.1 Å². The number of nitrogens with zero attached hydrogens (tertiary/aromatic N) is 1. The molecule has 0 heterocycles. The van der Waals surface area contributed by atoms with Crippen LogP contribution in [0.4, 0.5) is 5.69 Å². The summed E-state index contributed by atoms with van der Waals surface area (Å²) in [6.45, 7) is 6.39. The van der Waals surface area contributed by atoms with Gasteiger partial charge in [0.1, 0.15) is 5.78 Å². The van der Waals surface area contributed by atoms with Gasteiger partial charge >= 0.3 is 0 Å². The van der Waals surface area contributed by atoms with E-state index in [1.54, 1.807) is 0 Å². The third-order valence-electron chi connectivity index (χ3n) is 4.62. The molecule has 2 atom stereocenters. The van der Waals surface area contributed by atoms with Crippen molar-refractivity contribution in [1.29, 1.82) is 0 Å². The first-order valence-electron chi connectivity index (χ1n) is 7.18. The first-order valence-corrected chi connectivity index (χ1v) is 7.18. The molecule has 0 radical (unpaired) electrons. The number of rotatable bonds is 3. The molecule has 1 aromatic carbocycles. The van der Waals surface area contributed by atoms with Crippen molar-refractivity contribution in [2.24, 2.45) is 0 Å². The van der Waals surface area contributed by atoms with Crippen LogP contribution in [0.25, 0.3) is 0 Å². The highest BCUT2D eigenvalue weighted by atomic mass is 16.1. The number of hydrogen-bond donors (Lipinski definition) is 0. The van der Waals surface area contributed by atoms with Crippen molar-refractivity contribution in [3.05, 3.63) is 29.3 Å². The van der Waals surface area contributed by atoms with Gasteiger partial charge in [-0.3, -0.25) is 4.79 Å². The SMILES string of the molecule is CCN(CC)c1cccc2c1C1C(=O)CCCC21. The lowest BCUT2D eigenvalue weighted by molar-refractivity contribution is -0.123. The van der Waals surface area contributed by atoms with Crippen LogP contribution in [-0.2, 0) is 4.79 Å². The summed E-state index contributed by atoms with van der Waals surface area (Å²) in [5.41, 5.74) is 4.09. The third kappa shape index (κ3) is 1.51. The fraction of sp³-hybridized carbons (Fsp3) is 0.562. The molecular weight excluding hydrogens is 222 g/mol. The molecule has 0 aromatic heterocycles. The molecular formula is C16H21NO. The summed E-state index contributed by atoms with van der Waals surface area (Å²) in [5, 5.41) is 0. The average Bonchev–Trinajstić information content (AvgIpc) is 2.37. The summed E-state index contributed by atoms with van der Waals surface area (Å²) in [6.07, 6.45) is 3.06. The van der Waals surface area contributed by atoms with Crippen molar-refractivity contribution < 1.29 is 4.79 Å². The van der Waals surface area contributed by atoms with Crippen molar-refractivity contribution in [3.63, 3.8) is 0 Å². The van der Waals surface area contributed by atoms with Gasteiger partial charge in [-0.15, -0.1) is 0 Å². The van der Waals surface area contributed by atoms with Gasteiger partial charge in [0.25, 0.3) is 0 Å². The predicted octanol–water partition coefficient (Wildman–Crippen LogP) is 3.47. The highest BCUT2D eigenvalue weighted by molar-refractivity contribution is 5.93. The van der Waals surface area contributed by atoms with Gasteiger partial charge in [-0.05, 0) is 49.8 Å². The lowest BCUT2D eigenvalue weighted by Crippen LogP contribution is -2.37. The number of Topliss-reactive ketones (excluding diaryl/α,β-unsaturated/α-hetero) is 1. The second-order valence-electron chi connectivity index (χ2n) is 5.40. The number of carbonyl (C=O) groups is 1. The zero-order chi connectivity index (χ0) is 12.7. The smallest absolute Gasteiger partial charge is 0.141 e. The summed E-state index contributed by atoms with van der Waals surface area (Å²) in [6, 6.07) is 6.56. The number of hydrogen-bond acceptors (Lipinski definition) is 2. The number of benzene rings is 1. The molecule has 0 amide bonds. The minimum absolute atomic E-state index is 0.213. The monoisotopic (exact) mass is 243 g/mol. The second kappa shape index (κ2) is 4.42. The summed E-state index contributed by atoms with van der Waals surface area (Å²) < 4.78 is 0. The van der Waals surface area contributed by atoms with Crippen molar-refractivity contribution in [1.82, 2.24) is 0 Å². The Balaban J connectivity index is 2.05. The first kappa shape index (κ1) is 11.8. The number of fused-ring (bicyclic) bond motifs is 4. The van der Waals surface area contributed by atoms with Crippen molar-refractivity contribution in [3.8, 4) is 0 Å². The third-order valence-corrected chi connectivity index (χ3v) is 4.62. The van der Waals surface area contributed by atoms with E-state index in [4.69, 9.17) is 0 Å². The topological polar surface area (TPSA) is 20.3 Å². The summed E-state index contributed by atoms with van der Waals surface area (Å²) in [7, 11) is 0. The van der Waals surface area contributed by atoms with Crippen LogP contribution in [0.3, 0.4) is 0 Å². The molecule has 2 unspecified atom stereocenters. The van der Waals surface area contributed by atoms with Gasteiger partial charge < -0.3 is 4.90 Å². The quantitative estimate of drug-likeness (QED) is 0.810. The Morgan fingerprint density at radius 2 is 2.06 bits per heavy atom. The van der Waals surface area contributed by atoms with Gasteiger partial charge in [0.05, 0.1) is 5.92 Å². The molecule has 3 rings (SSSR count). The summed E-state index contributed by atoms with van der Waals surface area (Å²) >= 11 is 0. The fourth-order valence-electron chi connectivity index (χ4n) is 3.72. The highest BCUT2D eigenvalue weighted by Crippen LogP contribution is 2.56. The number of anilines is 1. The van der Waals surface area contributed by atoms with Gasteiger partial charge in [0.15, 0.2) is 0 Å². The predicted molar refractivity (Wildman–Crippen MR) is 74.3 cm³/mol. The minimum Gasteiger partial charge on any atom is -0.372 e. The number of carbonyl (C=O) groups excluding carboxylic acids is 1. The van der Waals surface area contributed by atoms with Gasteiger partial charge in [-0.2, -0.15) is 0 Å². The van der Waals surface area contributed by atoms with E-state index in [0.717, 1.165) is 25.9 Å². The molecule has 1 saturated carbocycles. The Bertz CT molecular complexity index is 476. The molecule has 0 N–H and O–H groups in total. The largest absolute Gasteiger partial charge is 0.372 e. The Labute approximate surface area is 109 Å². The van der Waals surface area contributed by atoms with E-state index in [0.29, 0.717) is 11.7 Å². The molecule has 1 fully saturated rings. The average molecular weight is 243 g/mol. The van der Waals surface area contributed by atoms with Crippen LogP contribution < -0.4 is 4.90 Å². The zero-order valence-electron chi connectivity index (χ0n) is 11.3. The molecule has 0 spiro atoms. The molecule has 2 aliphatic carbocycles. The molecule has 2 heteroatoms. The van der Waals surface area contributed by atoms with Gasteiger partial charge in [0, 0.05) is 25.2 Å². The fourth-order valence-corrected chi connectivity index (χ4v) is 3.72. The number of ketones is 1. The minimum atomic E-state index is 0.213. The molecule has 0 aliphatic heterocycles. The van der Waals surface area contributed by atoms with Crippen molar-refractivity contribution in [2.75, 3.05) is 18.0 Å². The van der Waals surface area contributed by atoms with Gasteiger partial charge in [0.2, 0.25) is 0 Å². The molecule has 0 bridgehead atoms. The van der Waals surface area contributed by atoms with Crippen LogP contribution >= 0.6 is 0 Å². The first-order chi connectivity index (χ1) is 8.77. The van der Waals surface area contributed by atoms with E-state index in [2.05, 4.69) is 36.9 Å². The molecule has 96 valence electrons. The maximum Gasteiger partial charge on any atom is 0.141 e. The summed E-state index contributed by atoms with van der Waals surface area (Å²) in [5.74, 6) is 1.21. The highest BCUT2D eigenvalue weighted by Gasteiger charge is 2.45. The van der Waals surface area contributed by atoms with E-state index in [-0.39, 0.29) is 5.92 Å². The second-order valence-corrected chi connectivity index (χ2v) is 5.40. The zero-order valence-corrected chi connectivity index (χ0v) is 11.3. The van der Waals surface area contributed by atoms with E-state index in [1.807, 2.05) is 0 Å². The van der Waals surface area contributed by atoms with Crippen LogP contribution in [0.15, 0.2) is 18.2 Å². The van der Waals surface area contributed by atoms with E-state index in [1.165, 1.54) is 23.2 Å². The van der Waals surface area contributed by atoms with Crippen LogP contribution in [0.2, 0.25) is 0 Å². The van der Waals surface area contributed by atoms with Crippen LogP contribution in [0.5, 0.6) is 0 Å². The molecule has 1 aromatic rings. The lowest BCUT2D eigenvalue weighted by Gasteiger charge is -2.44. The summed E-state index contributed by atoms with van der Waals surface area (Å²) in [4.78, 5) is 14.5. The van der Waals surface area contributed by atoms with Crippen LogP contribution in [-0.4, -0.2) is 18.9 Å². The van der Waals surface area contributed by atoms with Crippen molar-refractivity contribution >= 4 is 11.5 Å². The van der Waals surface area contributed by atoms with E-state index < -0.39 is 0 Å². The van der Waals surface area contributed by atoms with E-state index in [9.17, 15) is 4.79 Å². The van der Waals surface area contributed by atoms with Crippen molar-refractivity contribution in [2.45, 2.75) is 44.9 Å². The lowest BCUT2D eigenvalue weighted by atomic mass is 9.60. The molecule has 2 aliphatic rings. The molecule has 18 heavy (non-hydrogen) atoms. The molecule has 2 nitrogen and oxygen atoms in total. The normalized spacial score (nSPS) is 25.1. The molecule has 0 saturated heterocycles. The Morgan fingerprint density at radius 3 is 2.78 bits per heavy atom. The standard InChI is InChI=1S/C16H21NO/c1-3-17(4-2)13-9-5-7-11-12-8-6-10-14(18)16(12)15(11)13/h5,7,9,12,16H,3-4,6,8,10H2,1-2H3. The van der Waals surface area contributed by atoms with E-state index >= 15 is 0 Å². The Kier molecular flexibility index (Phi) is 2.89. The van der Waals surface area contributed by atoms with Gasteiger partial charge in [-0.25, -0.2) is 0 Å². The Morgan fingerprint density at radius 1 is 1.28 bits per heavy atom. The maximum absolute atomic E-state index is 12.2. The Hall–Kier alpha value is -1.31.